The standard InChI is InChI=1S/C51H31N5O/c1-3-13-32(14-4-1)33-23-26-36(27-24-33)55-43-20-10-7-17-37(43)41-31-46-42(30-45(41)55)38-18-8-11-21-44(38)56(46)51-53-49(34-15-5-2-6-16-34)52-50(54-51)35-25-28-40-39-19-9-12-22-47(39)57-48(40)29-35/h1-31H/i1D,2D,3D,4D,5D,6D,7D,8D,9D,10D,11D,12D,13D,14D,15D,16D,17D,18D,19D,20D,21D,22D,23D,24D,25D,26D,27D,28D,29D,30D,31D. The Balaban J connectivity index is 1.30. The van der Waals surface area contributed by atoms with Crippen LogP contribution in [0.1, 0.15) is 42.5 Å². The molecule has 4 aromatic heterocycles. The average Bonchev–Trinajstić information content (AvgIpc) is 1.51. The highest BCUT2D eigenvalue weighted by Gasteiger charge is 2.21. The van der Waals surface area contributed by atoms with E-state index in [4.69, 9.17) is 29.1 Å². The van der Waals surface area contributed by atoms with E-state index in [9.17, 15) is 17.8 Å². The lowest BCUT2D eigenvalue weighted by Crippen LogP contribution is -2.06. The molecule has 0 aliphatic rings. The maximum absolute atomic E-state index is 10.3. The van der Waals surface area contributed by atoms with Gasteiger partial charge in [-0.25, -0.2) is 4.98 Å². The third-order valence-corrected chi connectivity index (χ3v) is 8.93. The van der Waals surface area contributed by atoms with Crippen LogP contribution in [0.5, 0.6) is 0 Å². The number of rotatable bonds is 5. The van der Waals surface area contributed by atoms with Gasteiger partial charge in [0.05, 0.1) is 64.6 Å². The minimum atomic E-state index is -1.08. The van der Waals surface area contributed by atoms with E-state index in [0.29, 0.717) is 4.57 Å². The first-order chi connectivity index (χ1) is 41.2. The van der Waals surface area contributed by atoms with Crippen LogP contribution in [0.2, 0.25) is 0 Å². The molecule has 0 bridgehead atoms. The normalized spacial score (nSPS) is 19.5. The number of hydrogen-bond donors (Lipinski definition) is 0. The highest BCUT2D eigenvalue weighted by molar-refractivity contribution is 6.19. The van der Waals surface area contributed by atoms with Gasteiger partial charge in [0.25, 0.3) is 0 Å². The zero-order valence-corrected chi connectivity index (χ0v) is 28.1. The summed E-state index contributed by atoms with van der Waals surface area (Å²) in [5.41, 5.74) is -7.93. The Bertz CT molecular complexity index is 5270. The van der Waals surface area contributed by atoms with Gasteiger partial charge in [0.2, 0.25) is 5.95 Å². The third kappa shape index (κ3) is 4.94. The van der Waals surface area contributed by atoms with Crippen LogP contribution in [0.4, 0.5) is 0 Å². The van der Waals surface area contributed by atoms with E-state index in [0.717, 1.165) is 4.57 Å². The van der Waals surface area contributed by atoms with Gasteiger partial charge in [0.1, 0.15) is 11.2 Å². The van der Waals surface area contributed by atoms with Crippen molar-refractivity contribution in [1.82, 2.24) is 24.1 Å². The van der Waals surface area contributed by atoms with Gasteiger partial charge in [-0.15, -0.1) is 0 Å². The predicted molar refractivity (Wildman–Crippen MR) is 232 cm³/mol. The van der Waals surface area contributed by atoms with Crippen molar-refractivity contribution in [1.29, 1.82) is 0 Å². The van der Waals surface area contributed by atoms with E-state index >= 15 is 0 Å². The fourth-order valence-corrected chi connectivity index (χ4v) is 6.51. The summed E-state index contributed by atoms with van der Waals surface area (Å²) in [6.45, 7) is 0. The minimum Gasteiger partial charge on any atom is -0.456 e. The average molecular weight is 761 g/mol. The van der Waals surface area contributed by atoms with Gasteiger partial charge in [0.15, 0.2) is 11.6 Å². The number of furan rings is 1. The van der Waals surface area contributed by atoms with Gasteiger partial charge in [-0.3, -0.25) is 4.57 Å². The summed E-state index contributed by atoms with van der Waals surface area (Å²) in [5.74, 6) is -2.71. The van der Waals surface area contributed by atoms with Gasteiger partial charge >= 0.3 is 0 Å². The quantitative estimate of drug-likeness (QED) is 0.175. The van der Waals surface area contributed by atoms with Crippen molar-refractivity contribution in [2.45, 2.75) is 0 Å². The number of para-hydroxylation sites is 3. The first-order valence-electron chi connectivity index (χ1n) is 32.1. The van der Waals surface area contributed by atoms with E-state index < -0.39 is 293 Å². The van der Waals surface area contributed by atoms with Crippen LogP contribution < -0.4 is 0 Å². The molecular weight excluding hydrogens is 699 g/mol. The van der Waals surface area contributed by atoms with Crippen molar-refractivity contribution in [2.24, 2.45) is 0 Å². The molecule has 0 amide bonds. The molecule has 6 nitrogen and oxygen atoms in total. The van der Waals surface area contributed by atoms with Crippen LogP contribution in [0.3, 0.4) is 0 Å². The summed E-state index contributed by atoms with van der Waals surface area (Å²) in [7, 11) is 0. The SMILES string of the molecule is [2H]c1c([2H])c([2H])c(-c2nc(-c3c([2H])c([2H])c4c(oc5c([2H])c([2H])c([2H])c([2H])c54)c3[2H])nc(-n3c4c([2H])c([2H])c([2H])c([2H])c4c4c([2H])c5c(c([2H])c43)c3c([2H])c([2H])c([2H])c([2H])c3n5-c3c([2H])c([2H])c(-c4c([2H])c([2H])c([2H])c([2H])c4[2H])c([2H])c3[2H])n2)c([2H])c1[2H]. The number of benzene rings is 8. The van der Waals surface area contributed by atoms with Gasteiger partial charge in [-0.05, 0) is 65.5 Å². The smallest absolute Gasteiger partial charge is 0.238 e. The Labute approximate surface area is 370 Å². The van der Waals surface area contributed by atoms with Crippen LogP contribution in [-0.2, 0) is 0 Å². The molecule has 8 aromatic carbocycles. The molecule has 0 N–H and O–H groups in total. The van der Waals surface area contributed by atoms with Crippen LogP contribution in [-0.4, -0.2) is 24.1 Å². The van der Waals surface area contributed by atoms with Crippen molar-refractivity contribution in [2.75, 3.05) is 0 Å². The van der Waals surface area contributed by atoms with E-state index in [1.807, 2.05) is 0 Å². The van der Waals surface area contributed by atoms with Crippen LogP contribution in [0.15, 0.2) is 192 Å². The number of nitrogens with zero attached hydrogens (tertiary/aromatic N) is 5. The molecule has 57 heavy (non-hydrogen) atoms. The second kappa shape index (κ2) is 12.3. The van der Waals surface area contributed by atoms with Crippen LogP contribution in [0, 0.1) is 0 Å². The minimum absolute atomic E-state index is 0.384. The lowest BCUT2D eigenvalue weighted by atomic mass is 10.1. The Kier molecular flexibility index (Phi) is 2.97. The van der Waals surface area contributed by atoms with E-state index in [2.05, 4.69) is 15.0 Å². The molecule has 266 valence electrons. The molecule has 0 saturated carbocycles. The van der Waals surface area contributed by atoms with E-state index in [-0.39, 0.29) is 5.39 Å². The Morgan fingerprint density at radius 2 is 0.860 bits per heavy atom. The number of fused-ring (bicyclic) bond motifs is 9. The monoisotopic (exact) mass is 760 g/mol. The Hall–Kier alpha value is -7.83. The summed E-state index contributed by atoms with van der Waals surface area (Å²) in [5, 5.41) is -3.40. The van der Waals surface area contributed by atoms with Gasteiger partial charge in [0, 0.05) is 49.1 Å². The Morgan fingerprint density at radius 1 is 0.351 bits per heavy atom. The van der Waals surface area contributed by atoms with Crippen LogP contribution >= 0.6 is 0 Å². The lowest BCUT2D eigenvalue weighted by Gasteiger charge is -2.11. The molecule has 12 rings (SSSR count). The molecule has 0 aliphatic carbocycles. The summed E-state index contributed by atoms with van der Waals surface area (Å²) in [6, 6.07) is -28.5. The van der Waals surface area contributed by atoms with Crippen molar-refractivity contribution in [3.63, 3.8) is 0 Å². The van der Waals surface area contributed by atoms with Crippen molar-refractivity contribution < 1.29 is 46.9 Å². The fraction of sp³-hybridized carbons (Fsp3) is 0. The fourth-order valence-electron chi connectivity index (χ4n) is 6.51. The molecule has 0 fully saturated rings. The van der Waals surface area contributed by atoms with Crippen molar-refractivity contribution in [3.8, 4) is 45.5 Å². The summed E-state index contributed by atoms with van der Waals surface area (Å²) in [6.07, 6.45) is 0. The van der Waals surface area contributed by atoms with Gasteiger partial charge < -0.3 is 8.98 Å². The first-order valence-corrected chi connectivity index (χ1v) is 16.6. The maximum Gasteiger partial charge on any atom is 0.238 e. The number of aromatic nitrogens is 5. The Morgan fingerprint density at radius 3 is 1.56 bits per heavy atom. The van der Waals surface area contributed by atoms with Gasteiger partial charge in [-0.2, -0.15) is 9.97 Å². The predicted octanol–water partition coefficient (Wildman–Crippen LogP) is 13.0. The number of hydrogen-bond acceptors (Lipinski definition) is 4. The first kappa shape index (κ1) is 13.7. The maximum atomic E-state index is 10.3. The molecule has 0 atom stereocenters. The molecular formula is C51H31N5O. The van der Waals surface area contributed by atoms with E-state index in [1.54, 1.807) is 0 Å². The van der Waals surface area contributed by atoms with E-state index in [1.165, 1.54) is 0 Å². The molecule has 12 aromatic rings. The van der Waals surface area contributed by atoms with Crippen molar-refractivity contribution in [3.05, 3.63) is 187 Å². The second-order valence-electron chi connectivity index (χ2n) is 12.1. The summed E-state index contributed by atoms with van der Waals surface area (Å²) >= 11 is 0. The third-order valence-electron chi connectivity index (χ3n) is 8.93. The molecule has 6 heteroatoms. The highest BCUT2D eigenvalue weighted by Crippen LogP contribution is 2.40. The van der Waals surface area contributed by atoms with Crippen molar-refractivity contribution >= 4 is 65.6 Å². The zero-order valence-electron chi connectivity index (χ0n) is 59.1. The second-order valence-corrected chi connectivity index (χ2v) is 12.1. The topological polar surface area (TPSA) is 61.7 Å². The van der Waals surface area contributed by atoms with Gasteiger partial charge in [-0.1, -0.05) is 133 Å². The molecule has 0 spiro atoms. The molecule has 0 saturated heterocycles. The van der Waals surface area contributed by atoms with Crippen LogP contribution in [0.25, 0.3) is 111 Å². The molecule has 0 radical (unpaired) electrons. The molecule has 0 unspecified atom stereocenters. The molecule has 4 heterocycles. The zero-order chi connectivity index (χ0) is 64.4. The summed E-state index contributed by atoms with van der Waals surface area (Å²) in [4.78, 5) is 13.4. The lowest BCUT2D eigenvalue weighted by molar-refractivity contribution is 0.669. The highest BCUT2D eigenvalue weighted by atomic mass is 16.3. The molecule has 0 aliphatic heterocycles. The largest absolute Gasteiger partial charge is 0.456 e. The summed E-state index contributed by atoms with van der Waals surface area (Å²) < 4.78 is 286.